The average molecular weight is 328 g/mol. The molecule has 4 nitrogen and oxygen atoms in total. The van der Waals surface area contributed by atoms with Crippen LogP contribution < -0.4 is 5.32 Å². The minimum absolute atomic E-state index is 0.230. The van der Waals surface area contributed by atoms with Gasteiger partial charge in [0.25, 0.3) is 5.91 Å². The maximum Gasteiger partial charge on any atom is 0.328 e. The summed E-state index contributed by atoms with van der Waals surface area (Å²) in [6.45, 7) is 0.337. The summed E-state index contributed by atoms with van der Waals surface area (Å²) in [5.74, 6) is -1.23. The van der Waals surface area contributed by atoms with Gasteiger partial charge in [-0.25, -0.2) is 4.79 Å². The first-order valence-electron chi connectivity index (χ1n) is 5.56. The summed E-state index contributed by atoms with van der Waals surface area (Å²) in [7, 11) is 0. The van der Waals surface area contributed by atoms with E-state index in [1.54, 1.807) is 11.4 Å². The number of carbonyl (C=O) groups excluding carboxylic acids is 1. The van der Waals surface area contributed by atoms with Crippen LogP contribution in [0.1, 0.15) is 20.1 Å². The monoisotopic (exact) mass is 327 g/mol. The summed E-state index contributed by atoms with van der Waals surface area (Å²) in [5.41, 5.74) is 0.787. The van der Waals surface area contributed by atoms with E-state index in [0.29, 0.717) is 16.4 Å². The van der Waals surface area contributed by atoms with Crippen LogP contribution in [0.15, 0.2) is 29.0 Å². The smallest absolute Gasteiger partial charge is 0.328 e. The Balaban J connectivity index is 2.01. The molecule has 20 heavy (non-hydrogen) atoms. The Morgan fingerprint density at radius 2 is 2.05 bits per heavy atom. The van der Waals surface area contributed by atoms with Crippen molar-refractivity contribution in [2.75, 3.05) is 0 Å². The highest BCUT2D eigenvalue weighted by molar-refractivity contribution is 7.12. The first-order chi connectivity index (χ1) is 9.58. The normalized spacial score (nSPS) is 10.8. The number of nitrogens with one attached hydrogen (secondary N) is 1. The molecule has 0 saturated heterocycles. The van der Waals surface area contributed by atoms with Gasteiger partial charge in [0.2, 0.25) is 0 Å². The molecule has 1 amide bonds. The number of rotatable bonds is 5. The number of amides is 1. The fourth-order valence-electron chi connectivity index (χ4n) is 1.50. The lowest BCUT2D eigenvalue weighted by molar-refractivity contribution is -0.131. The Hall–Kier alpha value is -1.63. The van der Waals surface area contributed by atoms with Crippen LogP contribution in [0.2, 0.25) is 5.02 Å². The molecule has 0 aliphatic heterocycles. The zero-order valence-corrected chi connectivity index (χ0v) is 12.5. The number of thiophene rings is 2. The predicted octanol–water partition coefficient (Wildman–Crippen LogP) is 3.49. The topological polar surface area (TPSA) is 66.4 Å². The van der Waals surface area contributed by atoms with E-state index in [1.165, 1.54) is 28.7 Å². The van der Waals surface area contributed by atoms with Crippen molar-refractivity contribution in [1.82, 2.24) is 5.32 Å². The van der Waals surface area contributed by atoms with Crippen molar-refractivity contribution in [3.8, 4) is 0 Å². The zero-order chi connectivity index (χ0) is 14.5. The number of carboxylic acid groups (broad SMARTS) is 1. The minimum Gasteiger partial charge on any atom is -0.478 e. The molecule has 0 aliphatic rings. The molecule has 7 heteroatoms. The lowest BCUT2D eigenvalue weighted by Gasteiger charge is -2.03. The predicted molar refractivity (Wildman–Crippen MR) is 81.5 cm³/mol. The summed E-state index contributed by atoms with van der Waals surface area (Å²) in [4.78, 5) is 23.8. The van der Waals surface area contributed by atoms with Gasteiger partial charge in [-0.3, -0.25) is 4.79 Å². The SMILES string of the molecule is O=C(O)/C=C/c1ccsc1CNC(=O)c1sccc1Cl. The van der Waals surface area contributed by atoms with Gasteiger partial charge >= 0.3 is 5.97 Å². The van der Waals surface area contributed by atoms with E-state index in [9.17, 15) is 9.59 Å². The first kappa shape index (κ1) is 14.8. The van der Waals surface area contributed by atoms with E-state index < -0.39 is 5.97 Å². The Kier molecular flexibility index (Phi) is 4.94. The number of halogens is 1. The van der Waals surface area contributed by atoms with Gasteiger partial charge < -0.3 is 10.4 Å². The van der Waals surface area contributed by atoms with Gasteiger partial charge in [0.1, 0.15) is 4.88 Å². The Morgan fingerprint density at radius 3 is 2.70 bits per heavy atom. The van der Waals surface area contributed by atoms with Crippen molar-refractivity contribution >= 4 is 52.2 Å². The van der Waals surface area contributed by atoms with Crippen molar-refractivity contribution in [2.24, 2.45) is 0 Å². The number of carboxylic acids is 1. The third-order valence-corrected chi connectivity index (χ3v) is 4.70. The van der Waals surface area contributed by atoms with Crippen molar-refractivity contribution < 1.29 is 14.7 Å². The Labute approximate surface area is 128 Å². The number of aliphatic carboxylic acids is 1. The molecule has 2 N–H and O–H groups in total. The molecule has 2 aromatic rings. The first-order valence-corrected chi connectivity index (χ1v) is 7.70. The van der Waals surface area contributed by atoms with E-state index in [-0.39, 0.29) is 5.91 Å². The van der Waals surface area contributed by atoms with Gasteiger partial charge in [-0.15, -0.1) is 22.7 Å². The molecule has 0 unspecified atom stereocenters. The maximum absolute atomic E-state index is 11.9. The van der Waals surface area contributed by atoms with E-state index in [4.69, 9.17) is 16.7 Å². The fraction of sp³-hybridized carbons (Fsp3) is 0.0769. The largest absolute Gasteiger partial charge is 0.478 e. The number of hydrogen-bond donors (Lipinski definition) is 2. The summed E-state index contributed by atoms with van der Waals surface area (Å²) < 4.78 is 0. The van der Waals surface area contributed by atoms with Crippen LogP contribution >= 0.6 is 34.3 Å². The quantitative estimate of drug-likeness (QED) is 0.826. The van der Waals surface area contributed by atoms with E-state index in [1.807, 2.05) is 11.4 Å². The van der Waals surface area contributed by atoms with Crippen LogP contribution in [0.25, 0.3) is 6.08 Å². The third-order valence-electron chi connectivity index (χ3n) is 2.42. The van der Waals surface area contributed by atoms with Gasteiger partial charge in [0, 0.05) is 11.0 Å². The van der Waals surface area contributed by atoms with E-state index >= 15 is 0 Å². The van der Waals surface area contributed by atoms with Crippen molar-refractivity contribution in [3.63, 3.8) is 0 Å². The van der Waals surface area contributed by atoms with Gasteiger partial charge in [-0.2, -0.15) is 0 Å². The molecule has 2 rings (SSSR count). The van der Waals surface area contributed by atoms with Gasteiger partial charge in [0.05, 0.1) is 11.6 Å². The summed E-state index contributed by atoms with van der Waals surface area (Å²) in [6.07, 6.45) is 2.59. The standard InChI is InChI=1S/C13H10ClNO3S2/c14-9-4-6-20-12(9)13(18)15-7-10-8(3-5-19-10)1-2-11(16)17/h1-6H,7H2,(H,15,18)(H,16,17)/b2-1+. The van der Waals surface area contributed by atoms with Crippen LogP contribution in [0, 0.1) is 0 Å². The summed E-state index contributed by atoms with van der Waals surface area (Å²) in [6, 6.07) is 3.48. The molecular weight excluding hydrogens is 318 g/mol. The second kappa shape index (κ2) is 6.69. The fourth-order valence-corrected chi connectivity index (χ4v) is 3.36. The van der Waals surface area contributed by atoms with Crippen LogP contribution in [-0.2, 0) is 11.3 Å². The molecule has 2 aromatic heterocycles. The van der Waals surface area contributed by atoms with Crippen LogP contribution in [0.4, 0.5) is 0 Å². The molecular formula is C13H10ClNO3S2. The Bertz CT molecular complexity index is 660. The van der Waals surface area contributed by atoms with Crippen molar-refractivity contribution in [1.29, 1.82) is 0 Å². The maximum atomic E-state index is 11.9. The zero-order valence-electron chi connectivity index (χ0n) is 10.1. The number of carbonyl (C=O) groups is 2. The average Bonchev–Trinajstić information content (AvgIpc) is 3.02. The second-order valence-electron chi connectivity index (χ2n) is 3.75. The third kappa shape index (κ3) is 3.69. The molecule has 2 heterocycles. The second-order valence-corrected chi connectivity index (χ2v) is 6.08. The molecule has 0 fully saturated rings. The molecule has 0 saturated carbocycles. The minimum atomic E-state index is -1.00. The van der Waals surface area contributed by atoms with E-state index in [2.05, 4.69) is 5.32 Å². The molecule has 0 spiro atoms. The number of hydrogen-bond acceptors (Lipinski definition) is 4. The lowest BCUT2D eigenvalue weighted by Crippen LogP contribution is -2.21. The van der Waals surface area contributed by atoms with E-state index in [0.717, 1.165) is 16.5 Å². The van der Waals surface area contributed by atoms with Gasteiger partial charge in [-0.1, -0.05) is 11.6 Å². The molecule has 0 aliphatic carbocycles. The van der Waals surface area contributed by atoms with Crippen LogP contribution in [0.3, 0.4) is 0 Å². The highest BCUT2D eigenvalue weighted by Gasteiger charge is 2.12. The Morgan fingerprint density at radius 1 is 1.30 bits per heavy atom. The highest BCUT2D eigenvalue weighted by atomic mass is 35.5. The van der Waals surface area contributed by atoms with Gasteiger partial charge in [0.15, 0.2) is 0 Å². The summed E-state index contributed by atoms with van der Waals surface area (Å²) >= 11 is 8.62. The molecule has 0 radical (unpaired) electrons. The molecule has 104 valence electrons. The highest BCUT2D eigenvalue weighted by Crippen LogP contribution is 2.22. The van der Waals surface area contributed by atoms with Gasteiger partial charge in [-0.05, 0) is 34.5 Å². The van der Waals surface area contributed by atoms with Crippen molar-refractivity contribution in [3.05, 3.63) is 49.3 Å². The molecule has 0 aromatic carbocycles. The lowest BCUT2D eigenvalue weighted by atomic mass is 10.2. The van der Waals surface area contributed by atoms with Crippen LogP contribution in [0.5, 0.6) is 0 Å². The molecule has 0 atom stereocenters. The summed E-state index contributed by atoms with van der Waals surface area (Å²) in [5, 5.41) is 15.4. The van der Waals surface area contributed by atoms with Crippen molar-refractivity contribution in [2.45, 2.75) is 6.54 Å². The molecule has 0 bridgehead atoms. The van der Waals surface area contributed by atoms with Crippen LogP contribution in [-0.4, -0.2) is 17.0 Å².